The predicted octanol–water partition coefficient (Wildman–Crippen LogP) is 4.31. The topological polar surface area (TPSA) is 49.3 Å². The number of hydrogen-bond acceptors (Lipinski definition) is 2. The van der Waals surface area contributed by atoms with E-state index in [0.29, 0.717) is 8.95 Å². The Morgan fingerprint density at radius 1 is 1.11 bits per heavy atom. The van der Waals surface area contributed by atoms with Gasteiger partial charge in [0.1, 0.15) is 11.6 Å². The highest BCUT2D eigenvalue weighted by Crippen LogP contribution is 2.25. The van der Waals surface area contributed by atoms with Crippen molar-refractivity contribution >= 4 is 43.5 Å². The highest BCUT2D eigenvalue weighted by molar-refractivity contribution is 9.10. The van der Waals surface area contributed by atoms with Crippen molar-refractivity contribution < 1.29 is 14.3 Å². The number of phenolic OH excluding ortho intramolecular Hbond substituents is 1. The molecule has 0 unspecified atom stereocenters. The fraction of sp³-hybridized carbons (Fsp3) is 0. The largest absolute Gasteiger partial charge is 0.507 e. The van der Waals surface area contributed by atoms with Gasteiger partial charge in [-0.25, -0.2) is 4.39 Å². The molecule has 2 N–H and O–H groups in total. The molecule has 0 saturated carbocycles. The molecule has 0 spiro atoms. The van der Waals surface area contributed by atoms with Gasteiger partial charge in [-0.15, -0.1) is 0 Å². The Labute approximate surface area is 125 Å². The van der Waals surface area contributed by atoms with Gasteiger partial charge in [-0.05, 0) is 36.4 Å². The van der Waals surface area contributed by atoms with E-state index < -0.39 is 11.7 Å². The van der Waals surface area contributed by atoms with Crippen molar-refractivity contribution in [3.8, 4) is 5.75 Å². The second-order valence-corrected chi connectivity index (χ2v) is 5.57. The van der Waals surface area contributed by atoms with E-state index in [1.165, 1.54) is 30.3 Å². The van der Waals surface area contributed by atoms with Crippen molar-refractivity contribution in [2.24, 2.45) is 0 Å². The van der Waals surface area contributed by atoms with Crippen LogP contribution < -0.4 is 5.32 Å². The third-order valence-corrected chi connectivity index (χ3v) is 3.37. The van der Waals surface area contributed by atoms with Crippen LogP contribution in [0.1, 0.15) is 10.4 Å². The molecule has 0 bridgehead atoms. The van der Waals surface area contributed by atoms with Crippen LogP contribution in [0.25, 0.3) is 0 Å². The Kier molecular flexibility index (Phi) is 4.21. The summed E-state index contributed by atoms with van der Waals surface area (Å²) in [5.41, 5.74) is 0.115. The van der Waals surface area contributed by atoms with Gasteiger partial charge in [0.05, 0.1) is 11.3 Å². The number of carbonyl (C=O) groups excluding carboxylic acids is 1. The van der Waals surface area contributed by atoms with Gasteiger partial charge < -0.3 is 10.4 Å². The van der Waals surface area contributed by atoms with Crippen molar-refractivity contribution in [1.29, 1.82) is 0 Å². The lowest BCUT2D eigenvalue weighted by molar-refractivity contribution is 0.102. The summed E-state index contributed by atoms with van der Waals surface area (Å²) in [6.07, 6.45) is 0. The first kappa shape index (κ1) is 14.0. The zero-order valence-corrected chi connectivity index (χ0v) is 12.6. The number of carbonyl (C=O) groups is 1. The molecule has 6 heteroatoms. The van der Waals surface area contributed by atoms with Crippen LogP contribution in [0.5, 0.6) is 5.75 Å². The van der Waals surface area contributed by atoms with E-state index in [1.54, 1.807) is 6.07 Å². The minimum absolute atomic E-state index is 0.0432. The van der Waals surface area contributed by atoms with Gasteiger partial charge >= 0.3 is 0 Å². The summed E-state index contributed by atoms with van der Waals surface area (Å²) in [5.74, 6) is -1.31. The van der Waals surface area contributed by atoms with E-state index in [0.717, 1.165) is 0 Å². The number of benzene rings is 2. The Bertz CT molecular complexity index is 647. The first-order valence-corrected chi connectivity index (χ1v) is 6.81. The SMILES string of the molecule is O=C(Nc1cc(Br)ccc1F)c1ccc(Br)cc1O. The Balaban J connectivity index is 2.28. The summed E-state index contributed by atoms with van der Waals surface area (Å²) in [7, 11) is 0. The van der Waals surface area contributed by atoms with Gasteiger partial charge in [-0.2, -0.15) is 0 Å². The smallest absolute Gasteiger partial charge is 0.259 e. The van der Waals surface area contributed by atoms with E-state index in [4.69, 9.17) is 0 Å². The molecule has 1 amide bonds. The number of halogens is 3. The van der Waals surface area contributed by atoms with Crippen molar-refractivity contribution in [1.82, 2.24) is 0 Å². The van der Waals surface area contributed by atoms with Gasteiger partial charge in [-0.1, -0.05) is 31.9 Å². The molecule has 98 valence electrons. The summed E-state index contributed by atoms with van der Waals surface area (Å²) in [4.78, 5) is 11.9. The van der Waals surface area contributed by atoms with Crippen molar-refractivity contribution in [3.05, 3.63) is 56.7 Å². The predicted molar refractivity (Wildman–Crippen MR) is 77.9 cm³/mol. The highest BCUT2D eigenvalue weighted by Gasteiger charge is 2.13. The van der Waals surface area contributed by atoms with Gasteiger partial charge in [0.2, 0.25) is 0 Å². The molecular weight excluding hydrogens is 381 g/mol. The van der Waals surface area contributed by atoms with Gasteiger partial charge in [0.15, 0.2) is 0 Å². The Morgan fingerprint density at radius 2 is 1.74 bits per heavy atom. The molecule has 0 radical (unpaired) electrons. The molecule has 2 aromatic carbocycles. The maximum atomic E-state index is 13.5. The van der Waals surface area contributed by atoms with Gasteiger partial charge in [-0.3, -0.25) is 4.79 Å². The first-order valence-electron chi connectivity index (χ1n) is 5.22. The lowest BCUT2D eigenvalue weighted by Crippen LogP contribution is -2.13. The molecule has 0 atom stereocenters. The summed E-state index contributed by atoms with van der Waals surface area (Å²) in [5, 5.41) is 12.1. The fourth-order valence-electron chi connectivity index (χ4n) is 1.48. The molecule has 0 aliphatic carbocycles. The lowest BCUT2D eigenvalue weighted by atomic mass is 10.2. The molecular formula is C13H8Br2FNO2. The molecule has 0 aromatic heterocycles. The molecule has 3 nitrogen and oxygen atoms in total. The summed E-state index contributed by atoms with van der Waals surface area (Å²) < 4.78 is 14.8. The van der Waals surface area contributed by atoms with E-state index >= 15 is 0 Å². The highest BCUT2D eigenvalue weighted by atomic mass is 79.9. The molecule has 0 aliphatic rings. The minimum Gasteiger partial charge on any atom is -0.507 e. The molecule has 0 fully saturated rings. The van der Waals surface area contributed by atoms with Crippen LogP contribution in [-0.4, -0.2) is 11.0 Å². The number of nitrogens with one attached hydrogen (secondary N) is 1. The van der Waals surface area contributed by atoms with Crippen LogP contribution in [0, 0.1) is 5.82 Å². The Morgan fingerprint density at radius 3 is 2.42 bits per heavy atom. The standard InChI is InChI=1S/C13H8Br2FNO2/c14-7-2-4-10(16)11(5-7)17-13(19)9-3-1-8(15)6-12(9)18/h1-6,18H,(H,17,19). The van der Waals surface area contributed by atoms with Crippen LogP contribution in [0.2, 0.25) is 0 Å². The quantitative estimate of drug-likeness (QED) is 0.805. The Hall–Kier alpha value is -1.40. The lowest BCUT2D eigenvalue weighted by Gasteiger charge is -2.08. The number of aromatic hydroxyl groups is 1. The van der Waals surface area contributed by atoms with Crippen LogP contribution >= 0.6 is 31.9 Å². The second kappa shape index (κ2) is 5.71. The van der Waals surface area contributed by atoms with Crippen molar-refractivity contribution in [2.75, 3.05) is 5.32 Å². The van der Waals surface area contributed by atoms with Gasteiger partial charge in [0, 0.05) is 8.95 Å². The number of rotatable bonds is 2. The number of anilines is 1. The van der Waals surface area contributed by atoms with Gasteiger partial charge in [0.25, 0.3) is 5.91 Å². The summed E-state index contributed by atoms with van der Waals surface area (Å²) >= 11 is 6.37. The maximum absolute atomic E-state index is 13.5. The van der Waals surface area contributed by atoms with E-state index in [1.807, 2.05) is 0 Å². The summed E-state index contributed by atoms with van der Waals surface area (Å²) in [6, 6.07) is 8.68. The molecule has 0 heterocycles. The monoisotopic (exact) mass is 387 g/mol. The fourth-order valence-corrected chi connectivity index (χ4v) is 2.19. The molecule has 2 aromatic rings. The van der Waals surface area contributed by atoms with E-state index in [-0.39, 0.29) is 17.0 Å². The van der Waals surface area contributed by atoms with Crippen molar-refractivity contribution in [2.45, 2.75) is 0 Å². The average molecular weight is 389 g/mol. The number of phenols is 1. The second-order valence-electron chi connectivity index (χ2n) is 3.74. The first-order chi connectivity index (χ1) is 8.97. The van der Waals surface area contributed by atoms with Crippen LogP contribution in [0.3, 0.4) is 0 Å². The van der Waals surface area contributed by atoms with Crippen LogP contribution in [0.4, 0.5) is 10.1 Å². The number of hydrogen-bond donors (Lipinski definition) is 2. The molecule has 0 saturated heterocycles. The normalized spacial score (nSPS) is 10.3. The molecule has 2 rings (SSSR count). The average Bonchev–Trinajstić information content (AvgIpc) is 2.33. The molecule has 0 aliphatic heterocycles. The zero-order valence-electron chi connectivity index (χ0n) is 9.45. The van der Waals surface area contributed by atoms with Crippen LogP contribution in [0.15, 0.2) is 45.3 Å². The maximum Gasteiger partial charge on any atom is 0.259 e. The summed E-state index contributed by atoms with van der Waals surface area (Å²) in [6.45, 7) is 0. The van der Waals surface area contributed by atoms with Crippen molar-refractivity contribution in [3.63, 3.8) is 0 Å². The molecule has 19 heavy (non-hydrogen) atoms. The third kappa shape index (κ3) is 3.33. The minimum atomic E-state index is -0.581. The van der Waals surface area contributed by atoms with E-state index in [9.17, 15) is 14.3 Å². The van der Waals surface area contributed by atoms with Crippen LogP contribution in [-0.2, 0) is 0 Å². The number of amides is 1. The zero-order chi connectivity index (χ0) is 14.0. The van der Waals surface area contributed by atoms with E-state index in [2.05, 4.69) is 37.2 Å². The third-order valence-electron chi connectivity index (χ3n) is 2.38.